The van der Waals surface area contributed by atoms with E-state index in [-0.39, 0.29) is 5.91 Å². The highest BCUT2D eigenvalue weighted by Crippen LogP contribution is 2.13. The second kappa shape index (κ2) is 10.9. The van der Waals surface area contributed by atoms with Crippen LogP contribution in [0.15, 0.2) is 29.3 Å². The molecule has 6 heteroatoms. The van der Waals surface area contributed by atoms with Crippen molar-refractivity contribution in [2.45, 2.75) is 32.6 Å². The number of halogens is 1. The van der Waals surface area contributed by atoms with Crippen LogP contribution in [0.4, 0.5) is 5.69 Å². The van der Waals surface area contributed by atoms with Gasteiger partial charge in [0.2, 0.25) is 5.91 Å². The molecule has 0 atom stereocenters. The number of carbonyl (C=O) groups is 1. The van der Waals surface area contributed by atoms with E-state index in [1.165, 1.54) is 0 Å². The molecule has 0 saturated carbocycles. The van der Waals surface area contributed by atoms with Crippen LogP contribution in [0.25, 0.3) is 0 Å². The minimum atomic E-state index is 0.00319. The lowest BCUT2D eigenvalue weighted by Gasteiger charge is -2.21. The molecule has 0 radical (unpaired) electrons. The smallest absolute Gasteiger partial charge is 0.224 e. The van der Waals surface area contributed by atoms with Crippen LogP contribution in [0.2, 0.25) is 5.02 Å². The molecule has 1 amide bonds. The van der Waals surface area contributed by atoms with Crippen LogP contribution in [0.3, 0.4) is 0 Å². The number of hydrogen-bond donors (Lipinski definition) is 2. The molecule has 2 N–H and O–H groups in total. The normalized spacial score (nSPS) is 11.2. The van der Waals surface area contributed by atoms with Gasteiger partial charge in [0.25, 0.3) is 0 Å². The zero-order valence-electron chi connectivity index (χ0n) is 14.2. The van der Waals surface area contributed by atoms with Crippen LogP contribution in [0.1, 0.15) is 32.6 Å². The molecule has 128 valence electrons. The molecule has 0 aliphatic heterocycles. The van der Waals surface area contributed by atoms with Gasteiger partial charge in [-0.1, -0.05) is 24.9 Å². The van der Waals surface area contributed by atoms with Gasteiger partial charge < -0.3 is 15.5 Å². The molecule has 1 rings (SSSR count). The average molecular weight is 339 g/mol. The predicted octanol–water partition coefficient (Wildman–Crippen LogP) is 3.37. The Labute approximate surface area is 144 Å². The molecule has 0 aliphatic rings. The summed E-state index contributed by atoms with van der Waals surface area (Å²) in [7, 11) is 3.80. The fourth-order valence-corrected chi connectivity index (χ4v) is 2.22. The molecule has 0 bridgehead atoms. The number of amides is 1. The van der Waals surface area contributed by atoms with Gasteiger partial charge in [0.1, 0.15) is 0 Å². The minimum Gasteiger partial charge on any atom is -0.356 e. The molecular formula is C17H27ClN4O. The zero-order valence-corrected chi connectivity index (χ0v) is 15.0. The van der Waals surface area contributed by atoms with Crippen LogP contribution in [0.5, 0.6) is 0 Å². The molecule has 5 nitrogen and oxygen atoms in total. The van der Waals surface area contributed by atoms with Gasteiger partial charge >= 0.3 is 0 Å². The van der Waals surface area contributed by atoms with E-state index in [1.54, 1.807) is 31.3 Å². The number of nitrogens with zero attached hydrogens (tertiary/aromatic N) is 2. The summed E-state index contributed by atoms with van der Waals surface area (Å²) in [6.45, 7) is 3.87. The Morgan fingerprint density at radius 3 is 2.57 bits per heavy atom. The van der Waals surface area contributed by atoms with Crippen LogP contribution in [-0.4, -0.2) is 44.0 Å². The molecule has 0 unspecified atom stereocenters. The van der Waals surface area contributed by atoms with Gasteiger partial charge in [-0.2, -0.15) is 0 Å². The number of benzene rings is 1. The van der Waals surface area contributed by atoms with Gasteiger partial charge in [-0.25, -0.2) is 0 Å². The van der Waals surface area contributed by atoms with Crippen molar-refractivity contribution in [2.24, 2.45) is 4.99 Å². The minimum absolute atomic E-state index is 0.00319. The van der Waals surface area contributed by atoms with Gasteiger partial charge in [-0.05, 0) is 37.1 Å². The van der Waals surface area contributed by atoms with Gasteiger partial charge in [-0.15, -0.1) is 0 Å². The summed E-state index contributed by atoms with van der Waals surface area (Å²) in [6, 6.07) is 7.11. The SMILES string of the molecule is CCCCN(C)C(=NC)NCCCC(=O)Nc1ccc(Cl)cc1. The van der Waals surface area contributed by atoms with Crippen molar-refractivity contribution in [1.82, 2.24) is 10.2 Å². The van der Waals surface area contributed by atoms with Crippen LogP contribution < -0.4 is 10.6 Å². The van der Waals surface area contributed by atoms with Gasteiger partial charge in [-0.3, -0.25) is 9.79 Å². The summed E-state index contributed by atoms with van der Waals surface area (Å²) in [5.41, 5.74) is 0.766. The standard InChI is InChI=1S/C17H27ClN4O/c1-4-5-13-22(3)17(19-2)20-12-6-7-16(23)21-15-10-8-14(18)9-11-15/h8-11H,4-7,12-13H2,1-3H3,(H,19,20)(H,21,23). The van der Waals surface area contributed by atoms with Gasteiger partial charge in [0, 0.05) is 44.3 Å². The third kappa shape index (κ3) is 7.88. The lowest BCUT2D eigenvalue weighted by atomic mass is 10.2. The first kappa shape index (κ1) is 19.3. The summed E-state index contributed by atoms with van der Waals surface area (Å²) in [4.78, 5) is 18.2. The monoisotopic (exact) mass is 338 g/mol. The van der Waals surface area contributed by atoms with Crippen molar-refractivity contribution in [3.63, 3.8) is 0 Å². The molecule has 1 aromatic carbocycles. The van der Waals surface area contributed by atoms with E-state index in [0.717, 1.165) is 44.0 Å². The second-order valence-corrected chi connectivity index (χ2v) is 5.84. The fourth-order valence-electron chi connectivity index (χ4n) is 2.09. The van der Waals surface area contributed by atoms with Crippen LogP contribution >= 0.6 is 11.6 Å². The van der Waals surface area contributed by atoms with E-state index in [1.807, 2.05) is 7.05 Å². The maximum absolute atomic E-state index is 11.9. The molecule has 0 aromatic heterocycles. The molecule has 0 aliphatic carbocycles. The predicted molar refractivity (Wildman–Crippen MR) is 98.2 cm³/mol. The second-order valence-electron chi connectivity index (χ2n) is 5.41. The topological polar surface area (TPSA) is 56.7 Å². The Kier molecular flexibility index (Phi) is 9.14. The fraction of sp³-hybridized carbons (Fsp3) is 0.529. The Morgan fingerprint density at radius 2 is 1.96 bits per heavy atom. The molecule has 0 fully saturated rings. The van der Waals surface area contributed by atoms with E-state index in [0.29, 0.717) is 11.4 Å². The summed E-state index contributed by atoms with van der Waals surface area (Å²) in [5.74, 6) is 0.875. The van der Waals surface area contributed by atoms with Crippen molar-refractivity contribution >= 4 is 29.2 Å². The maximum Gasteiger partial charge on any atom is 0.224 e. The molecule has 23 heavy (non-hydrogen) atoms. The Balaban J connectivity index is 2.25. The Hall–Kier alpha value is -1.75. The third-order valence-electron chi connectivity index (χ3n) is 3.41. The van der Waals surface area contributed by atoms with E-state index < -0.39 is 0 Å². The van der Waals surface area contributed by atoms with E-state index in [9.17, 15) is 4.79 Å². The van der Waals surface area contributed by atoms with Crippen molar-refractivity contribution in [1.29, 1.82) is 0 Å². The first-order valence-electron chi connectivity index (χ1n) is 8.04. The molecular weight excluding hydrogens is 312 g/mol. The molecule has 1 aromatic rings. The van der Waals surface area contributed by atoms with Crippen molar-refractivity contribution in [3.05, 3.63) is 29.3 Å². The summed E-state index contributed by atoms with van der Waals surface area (Å²) in [6.07, 6.45) is 3.51. The number of hydrogen-bond acceptors (Lipinski definition) is 2. The van der Waals surface area contributed by atoms with Crippen molar-refractivity contribution in [2.75, 3.05) is 32.5 Å². The molecule has 0 heterocycles. The number of nitrogens with one attached hydrogen (secondary N) is 2. The van der Waals surface area contributed by atoms with E-state index in [2.05, 4.69) is 27.4 Å². The van der Waals surface area contributed by atoms with Crippen molar-refractivity contribution < 1.29 is 4.79 Å². The highest BCUT2D eigenvalue weighted by Gasteiger charge is 2.06. The van der Waals surface area contributed by atoms with E-state index >= 15 is 0 Å². The highest BCUT2D eigenvalue weighted by atomic mass is 35.5. The Morgan fingerprint density at radius 1 is 1.26 bits per heavy atom. The third-order valence-corrected chi connectivity index (χ3v) is 3.66. The number of carbonyl (C=O) groups excluding carboxylic acids is 1. The maximum atomic E-state index is 11.9. The lowest BCUT2D eigenvalue weighted by molar-refractivity contribution is -0.116. The highest BCUT2D eigenvalue weighted by molar-refractivity contribution is 6.30. The zero-order chi connectivity index (χ0) is 17.1. The lowest BCUT2D eigenvalue weighted by Crippen LogP contribution is -2.39. The van der Waals surface area contributed by atoms with E-state index in [4.69, 9.17) is 11.6 Å². The van der Waals surface area contributed by atoms with Crippen LogP contribution in [0, 0.1) is 0 Å². The number of anilines is 1. The first-order valence-corrected chi connectivity index (χ1v) is 8.41. The van der Waals surface area contributed by atoms with Gasteiger partial charge in [0.15, 0.2) is 5.96 Å². The summed E-state index contributed by atoms with van der Waals surface area (Å²) < 4.78 is 0. The van der Waals surface area contributed by atoms with Gasteiger partial charge in [0.05, 0.1) is 0 Å². The number of rotatable bonds is 8. The Bertz CT molecular complexity index is 502. The quantitative estimate of drug-likeness (QED) is 0.434. The summed E-state index contributed by atoms with van der Waals surface area (Å²) in [5, 5.41) is 6.80. The van der Waals surface area contributed by atoms with Crippen LogP contribution in [-0.2, 0) is 4.79 Å². The number of guanidine groups is 1. The largest absolute Gasteiger partial charge is 0.356 e. The summed E-state index contributed by atoms with van der Waals surface area (Å²) >= 11 is 5.82. The molecule has 0 spiro atoms. The number of aliphatic imine (C=N–C) groups is 1. The number of unbranched alkanes of at least 4 members (excludes halogenated alkanes) is 1. The first-order chi connectivity index (χ1) is 11.1. The van der Waals surface area contributed by atoms with Crippen molar-refractivity contribution in [3.8, 4) is 0 Å². The molecule has 0 saturated heterocycles. The average Bonchev–Trinajstić information content (AvgIpc) is 2.55.